The first-order chi connectivity index (χ1) is 9.99. The maximum Gasteiger partial charge on any atom is 0.338 e. The number of nitrogens with zero attached hydrogens (tertiary/aromatic N) is 1. The third-order valence-corrected chi connectivity index (χ3v) is 4.65. The van der Waals surface area contributed by atoms with E-state index in [1.165, 1.54) is 0 Å². The summed E-state index contributed by atoms with van der Waals surface area (Å²) in [4.78, 5) is 10.4. The summed E-state index contributed by atoms with van der Waals surface area (Å²) in [5, 5.41) is 17.8. The molecular weight excluding hydrogens is 313 g/mol. The Morgan fingerprint density at radius 3 is 2.32 bits per heavy atom. The lowest BCUT2D eigenvalue weighted by molar-refractivity contribution is 0.0691. The number of carbonyl (C=O) groups is 1. The summed E-state index contributed by atoms with van der Waals surface area (Å²) in [6, 6.07) is 2.65. The van der Waals surface area contributed by atoms with Crippen LogP contribution in [0, 0.1) is 11.2 Å². The number of aliphatic hydroxyl groups excluding tert-OH is 1. The van der Waals surface area contributed by atoms with Crippen LogP contribution >= 0.6 is 0 Å². The van der Waals surface area contributed by atoms with E-state index in [-0.39, 0.29) is 30.0 Å². The highest BCUT2D eigenvalue weighted by Crippen LogP contribution is 2.23. The van der Waals surface area contributed by atoms with E-state index in [0.717, 1.165) is 16.4 Å². The van der Waals surface area contributed by atoms with Gasteiger partial charge in [0.25, 0.3) is 0 Å². The van der Waals surface area contributed by atoms with E-state index >= 15 is 0 Å². The van der Waals surface area contributed by atoms with E-state index in [1.54, 1.807) is 0 Å². The molecule has 1 rings (SSSR count). The van der Waals surface area contributed by atoms with Gasteiger partial charge in [-0.2, -0.15) is 4.31 Å². The van der Waals surface area contributed by atoms with Gasteiger partial charge in [-0.15, -0.1) is 0 Å². The molecular formula is C14H20FNO5S. The normalized spacial score (nSPS) is 12.6. The Labute approximate surface area is 129 Å². The van der Waals surface area contributed by atoms with E-state index in [1.807, 2.05) is 20.8 Å². The van der Waals surface area contributed by atoms with Crippen molar-refractivity contribution >= 4 is 16.0 Å². The summed E-state index contributed by atoms with van der Waals surface area (Å²) in [6.45, 7) is 5.15. The number of carboxylic acid groups (broad SMARTS) is 1. The number of carboxylic acids is 1. The minimum absolute atomic E-state index is 0.123. The average molecular weight is 333 g/mol. The lowest BCUT2D eigenvalue weighted by Crippen LogP contribution is -2.39. The molecule has 0 aliphatic heterocycles. The monoisotopic (exact) mass is 333 g/mol. The van der Waals surface area contributed by atoms with Gasteiger partial charge in [-0.05, 0) is 23.6 Å². The first-order valence-corrected chi connectivity index (χ1v) is 8.07. The minimum atomic E-state index is -4.02. The highest BCUT2D eigenvalue weighted by atomic mass is 32.2. The van der Waals surface area contributed by atoms with Gasteiger partial charge in [0.05, 0.1) is 17.1 Å². The van der Waals surface area contributed by atoms with Crippen molar-refractivity contribution in [1.82, 2.24) is 4.31 Å². The molecule has 0 unspecified atom stereocenters. The van der Waals surface area contributed by atoms with Gasteiger partial charge >= 0.3 is 5.97 Å². The quantitative estimate of drug-likeness (QED) is 0.824. The smallest absolute Gasteiger partial charge is 0.338 e. The van der Waals surface area contributed by atoms with E-state index in [0.29, 0.717) is 6.07 Å². The van der Waals surface area contributed by atoms with Crippen molar-refractivity contribution in [1.29, 1.82) is 0 Å². The Morgan fingerprint density at radius 2 is 1.91 bits per heavy atom. The first kappa shape index (κ1) is 18.5. The van der Waals surface area contributed by atoms with Crippen molar-refractivity contribution in [2.75, 3.05) is 19.7 Å². The molecule has 0 aliphatic rings. The highest BCUT2D eigenvalue weighted by molar-refractivity contribution is 7.89. The van der Waals surface area contributed by atoms with Crippen LogP contribution in [0.3, 0.4) is 0 Å². The summed E-state index contributed by atoms with van der Waals surface area (Å²) in [5.74, 6) is -2.59. The molecule has 0 saturated carbocycles. The number of hydrogen-bond acceptors (Lipinski definition) is 4. The molecule has 0 atom stereocenters. The van der Waals surface area contributed by atoms with Crippen molar-refractivity contribution in [3.05, 3.63) is 29.6 Å². The molecule has 0 amide bonds. The van der Waals surface area contributed by atoms with E-state index in [4.69, 9.17) is 10.2 Å². The Bertz CT molecular complexity index is 652. The molecule has 1 aromatic rings. The van der Waals surface area contributed by atoms with Crippen molar-refractivity contribution in [3.8, 4) is 0 Å². The summed E-state index contributed by atoms with van der Waals surface area (Å²) in [6.07, 6.45) is 0. The SMILES string of the molecule is CC(C)(C)CN(CCO)S(=O)(=O)c1ccc(C(=O)O)c(F)c1. The Hall–Kier alpha value is -1.51. The zero-order chi connectivity index (χ0) is 17.1. The van der Waals surface area contributed by atoms with Crippen LogP contribution in [0.25, 0.3) is 0 Å². The molecule has 1 aromatic carbocycles. The fraction of sp³-hybridized carbons (Fsp3) is 0.500. The number of aliphatic hydroxyl groups is 1. The topological polar surface area (TPSA) is 94.9 Å². The second kappa shape index (κ2) is 6.72. The molecule has 0 saturated heterocycles. The largest absolute Gasteiger partial charge is 0.478 e. The van der Waals surface area contributed by atoms with Crippen LogP contribution < -0.4 is 0 Å². The molecule has 2 N–H and O–H groups in total. The van der Waals surface area contributed by atoms with Crippen LogP contribution in [-0.4, -0.2) is 48.6 Å². The van der Waals surface area contributed by atoms with Gasteiger partial charge in [-0.25, -0.2) is 17.6 Å². The average Bonchev–Trinajstić information content (AvgIpc) is 2.36. The van der Waals surface area contributed by atoms with Gasteiger partial charge in [-0.1, -0.05) is 20.8 Å². The molecule has 0 spiro atoms. The van der Waals surface area contributed by atoms with Crippen LogP contribution in [0.4, 0.5) is 4.39 Å². The van der Waals surface area contributed by atoms with E-state index in [9.17, 15) is 17.6 Å². The molecule has 0 aromatic heterocycles. The zero-order valence-electron chi connectivity index (χ0n) is 12.7. The predicted molar refractivity (Wildman–Crippen MR) is 78.7 cm³/mol. The number of benzene rings is 1. The number of hydrogen-bond donors (Lipinski definition) is 2. The molecule has 0 heterocycles. The third-order valence-electron chi connectivity index (χ3n) is 2.81. The van der Waals surface area contributed by atoms with Gasteiger partial charge < -0.3 is 10.2 Å². The van der Waals surface area contributed by atoms with Crippen LogP contribution in [0.5, 0.6) is 0 Å². The van der Waals surface area contributed by atoms with Crippen molar-refractivity contribution in [2.45, 2.75) is 25.7 Å². The van der Waals surface area contributed by atoms with Crippen LogP contribution in [-0.2, 0) is 10.0 Å². The van der Waals surface area contributed by atoms with Gasteiger partial charge in [-0.3, -0.25) is 0 Å². The maximum absolute atomic E-state index is 13.7. The van der Waals surface area contributed by atoms with E-state index < -0.39 is 27.4 Å². The molecule has 0 radical (unpaired) electrons. The second-order valence-electron chi connectivity index (χ2n) is 6.07. The number of aromatic carboxylic acids is 1. The maximum atomic E-state index is 13.7. The Balaban J connectivity index is 3.25. The van der Waals surface area contributed by atoms with Gasteiger partial charge in [0.1, 0.15) is 5.82 Å². The summed E-state index contributed by atoms with van der Waals surface area (Å²) in [7, 11) is -4.02. The molecule has 6 nitrogen and oxygen atoms in total. The van der Waals surface area contributed by atoms with E-state index in [2.05, 4.69) is 0 Å². The fourth-order valence-corrected chi connectivity index (χ4v) is 3.57. The Kier molecular flexibility index (Phi) is 5.66. The number of rotatable bonds is 6. The molecule has 0 fully saturated rings. The van der Waals surface area contributed by atoms with Crippen LogP contribution in [0.15, 0.2) is 23.1 Å². The van der Waals surface area contributed by atoms with Crippen molar-refractivity contribution in [3.63, 3.8) is 0 Å². The lowest BCUT2D eigenvalue weighted by Gasteiger charge is -2.28. The fourth-order valence-electron chi connectivity index (χ4n) is 1.90. The predicted octanol–water partition coefficient (Wildman–Crippen LogP) is 1.55. The molecule has 0 aliphatic carbocycles. The second-order valence-corrected chi connectivity index (χ2v) is 8.01. The molecule has 0 bridgehead atoms. The number of sulfonamides is 1. The van der Waals surface area contributed by atoms with Crippen LogP contribution in [0.1, 0.15) is 31.1 Å². The van der Waals surface area contributed by atoms with Gasteiger partial charge in [0.15, 0.2) is 0 Å². The van der Waals surface area contributed by atoms with Crippen LogP contribution in [0.2, 0.25) is 0 Å². The Morgan fingerprint density at radius 1 is 1.32 bits per heavy atom. The van der Waals surface area contributed by atoms with Crippen molar-refractivity contribution in [2.24, 2.45) is 5.41 Å². The van der Waals surface area contributed by atoms with Crippen molar-refractivity contribution < 1.29 is 27.8 Å². The zero-order valence-corrected chi connectivity index (χ0v) is 13.5. The number of halogens is 1. The summed E-state index contributed by atoms with van der Waals surface area (Å²) in [5.41, 5.74) is -0.953. The highest BCUT2D eigenvalue weighted by Gasteiger charge is 2.29. The van der Waals surface area contributed by atoms with Gasteiger partial charge in [0.2, 0.25) is 10.0 Å². The summed E-state index contributed by atoms with van der Waals surface area (Å²) < 4.78 is 39.8. The lowest BCUT2D eigenvalue weighted by atomic mass is 9.97. The standard InChI is InChI=1S/C14H20FNO5S/c1-14(2,3)9-16(6-7-17)22(20,21)10-4-5-11(13(18)19)12(15)8-10/h4-5,8,17H,6-7,9H2,1-3H3,(H,18,19). The summed E-state index contributed by atoms with van der Waals surface area (Å²) >= 11 is 0. The molecule has 22 heavy (non-hydrogen) atoms. The van der Waals surface area contributed by atoms with Gasteiger partial charge in [0, 0.05) is 13.1 Å². The minimum Gasteiger partial charge on any atom is -0.478 e. The first-order valence-electron chi connectivity index (χ1n) is 6.63. The third kappa shape index (κ3) is 4.49. The molecule has 8 heteroatoms. The molecule has 124 valence electrons.